The Kier molecular flexibility index (Phi) is 6.43. The Hall–Kier alpha value is -4.90. The first-order valence-electron chi connectivity index (χ1n) is 11.5. The molecule has 5 aromatic rings. The number of nitrogens with one attached hydrogen (secondary N) is 1. The molecule has 0 bridgehead atoms. The molecule has 0 atom stereocenters. The highest BCUT2D eigenvalue weighted by atomic mass is 16.6. The standard InChI is InChI=1S/C26H22N6O5/c1-16-9-17(24-14-28-15-37-24)11-18(10-16)25-21-13-27-7-5-20(21)26(34)31(30-25)23-12-19(29-6-2-8-33)3-4-22(23)32(35)36/h3-5,7,9-15,29,33H,2,6,8H2,1H3. The van der Waals surface area contributed by atoms with E-state index < -0.39 is 10.5 Å². The van der Waals surface area contributed by atoms with E-state index in [0.29, 0.717) is 46.4 Å². The van der Waals surface area contributed by atoms with E-state index in [9.17, 15) is 14.9 Å². The quantitative estimate of drug-likeness (QED) is 0.183. The van der Waals surface area contributed by atoms with Gasteiger partial charge in [-0.3, -0.25) is 19.9 Å². The number of nitro benzene ring substituents is 1. The van der Waals surface area contributed by atoms with E-state index in [1.807, 2.05) is 25.1 Å². The molecule has 3 aromatic heterocycles. The molecule has 37 heavy (non-hydrogen) atoms. The van der Waals surface area contributed by atoms with E-state index in [2.05, 4.69) is 20.4 Å². The van der Waals surface area contributed by atoms with Crippen LogP contribution < -0.4 is 10.9 Å². The van der Waals surface area contributed by atoms with Crippen LogP contribution in [-0.2, 0) is 0 Å². The van der Waals surface area contributed by atoms with Crippen molar-refractivity contribution in [3.8, 4) is 28.3 Å². The first kappa shape index (κ1) is 23.8. The molecular formula is C26H22N6O5. The summed E-state index contributed by atoms with van der Waals surface area (Å²) in [5, 5.41) is 29.5. The number of aliphatic hydroxyl groups is 1. The van der Waals surface area contributed by atoms with Crippen molar-refractivity contribution >= 4 is 22.1 Å². The Bertz CT molecular complexity index is 1660. The zero-order chi connectivity index (χ0) is 25.9. The Morgan fingerprint density at radius 3 is 2.68 bits per heavy atom. The molecule has 0 unspecified atom stereocenters. The molecule has 3 heterocycles. The summed E-state index contributed by atoms with van der Waals surface area (Å²) in [5.74, 6) is 0.568. The molecule has 2 N–H and O–H groups in total. The van der Waals surface area contributed by atoms with Crippen molar-refractivity contribution in [2.24, 2.45) is 0 Å². The van der Waals surface area contributed by atoms with Crippen LogP contribution in [0.2, 0.25) is 0 Å². The smallest absolute Gasteiger partial charge is 0.295 e. The molecule has 0 aliphatic heterocycles. The number of aliphatic hydroxyl groups excluding tert-OH is 1. The van der Waals surface area contributed by atoms with Gasteiger partial charge in [-0.15, -0.1) is 0 Å². The summed E-state index contributed by atoms with van der Waals surface area (Å²) in [6.07, 6.45) is 6.50. The maximum atomic E-state index is 13.6. The molecule has 0 spiro atoms. The van der Waals surface area contributed by atoms with Crippen LogP contribution in [-0.4, -0.2) is 42.9 Å². The Morgan fingerprint density at radius 1 is 1.08 bits per heavy atom. The molecule has 2 aromatic carbocycles. The normalized spacial score (nSPS) is 11.1. The van der Waals surface area contributed by atoms with Crippen LogP contribution in [0.1, 0.15) is 12.0 Å². The van der Waals surface area contributed by atoms with Gasteiger partial charge in [-0.1, -0.05) is 0 Å². The van der Waals surface area contributed by atoms with Crippen molar-refractivity contribution in [3.63, 3.8) is 0 Å². The molecule has 0 saturated heterocycles. The Labute approximate surface area is 210 Å². The average molecular weight is 498 g/mol. The predicted molar refractivity (Wildman–Crippen MR) is 138 cm³/mol. The van der Waals surface area contributed by atoms with E-state index >= 15 is 0 Å². The molecule has 0 fully saturated rings. The summed E-state index contributed by atoms with van der Waals surface area (Å²) in [6.45, 7) is 2.38. The minimum Gasteiger partial charge on any atom is -0.444 e. The largest absolute Gasteiger partial charge is 0.444 e. The fourth-order valence-corrected chi connectivity index (χ4v) is 4.15. The second-order valence-corrected chi connectivity index (χ2v) is 8.40. The van der Waals surface area contributed by atoms with Crippen molar-refractivity contribution < 1.29 is 14.4 Å². The summed E-state index contributed by atoms with van der Waals surface area (Å²) in [7, 11) is 0. The van der Waals surface area contributed by atoms with Crippen molar-refractivity contribution in [1.29, 1.82) is 0 Å². The first-order valence-corrected chi connectivity index (χ1v) is 11.5. The van der Waals surface area contributed by atoms with Crippen LogP contribution in [0.4, 0.5) is 11.4 Å². The van der Waals surface area contributed by atoms with Gasteiger partial charge in [0, 0.05) is 53.8 Å². The molecule has 5 rings (SSSR count). The van der Waals surface area contributed by atoms with Gasteiger partial charge in [-0.05, 0) is 55.3 Å². The van der Waals surface area contributed by atoms with Gasteiger partial charge in [0.25, 0.3) is 11.2 Å². The minimum atomic E-state index is -0.550. The number of nitro groups is 1. The number of hydrogen-bond donors (Lipinski definition) is 2. The van der Waals surface area contributed by atoms with E-state index in [1.54, 1.807) is 24.5 Å². The van der Waals surface area contributed by atoms with E-state index in [0.717, 1.165) is 15.8 Å². The maximum absolute atomic E-state index is 13.6. The third-order valence-corrected chi connectivity index (χ3v) is 5.83. The number of fused-ring (bicyclic) bond motifs is 1. The predicted octanol–water partition coefficient (Wildman–Crippen LogP) is 4.11. The van der Waals surface area contributed by atoms with Gasteiger partial charge in [-0.25, -0.2) is 4.98 Å². The van der Waals surface area contributed by atoms with Crippen molar-refractivity contribution in [3.05, 3.63) is 93.5 Å². The number of rotatable bonds is 8. The summed E-state index contributed by atoms with van der Waals surface area (Å²) in [6, 6.07) is 11.7. The number of hydrogen-bond acceptors (Lipinski definition) is 9. The van der Waals surface area contributed by atoms with Crippen LogP contribution in [0.5, 0.6) is 0 Å². The highest BCUT2D eigenvalue weighted by Crippen LogP contribution is 2.32. The molecule has 11 nitrogen and oxygen atoms in total. The Morgan fingerprint density at radius 2 is 1.92 bits per heavy atom. The molecular weight excluding hydrogens is 476 g/mol. The molecule has 11 heteroatoms. The zero-order valence-electron chi connectivity index (χ0n) is 19.8. The summed E-state index contributed by atoms with van der Waals surface area (Å²) in [5.41, 5.74) is 2.59. The SMILES string of the molecule is Cc1cc(-c2cnco2)cc(-c2nn(-c3cc(NCCCO)ccc3[N+](=O)[O-])c(=O)c3ccncc23)c1. The maximum Gasteiger partial charge on any atom is 0.295 e. The number of oxazole rings is 1. The average Bonchev–Trinajstić information content (AvgIpc) is 3.44. The van der Waals surface area contributed by atoms with Crippen molar-refractivity contribution in [2.75, 3.05) is 18.5 Å². The van der Waals surface area contributed by atoms with E-state index in [-0.39, 0.29) is 18.0 Å². The zero-order valence-corrected chi connectivity index (χ0v) is 19.8. The second kappa shape index (κ2) is 9.99. The fourth-order valence-electron chi connectivity index (χ4n) is 4.15. The lowest BCUT2D eigenvalue weighted by atomic mass is 10.0. The van der Waals surface area contributed by atoms with Crippen molar-refractivity contribution in [1.82, 2.24) is 19.7 Å². The van der Waals surface area contributed by atoms with Gasteiger partial charge < -0.3 is 14.8 Å². The number of nitrogens with zero attached hydrogens (tertiary/aromatic N) is 5. The van der Waals surface area contributed by atoms with Crippen LogP contribution in [0.3, 0.4) is 0 Å². The number of pyridine rings is 1. The van der Waals surface area contributed by atoms with Crippen LogP contribution in [0, 0.1) is 17.0 Å². The summed E-state index contributed by atoms with van der Waals surface area (Å²) < 4.78 is 6.52. The highest BCUT2D eigenvalue weighted by Gasteiger charge is 2.22. The molecule has 0 radical (unpaired) electrons. The lowest BCUT2D eigenvalue weighted by Gasteiger charge is -2.14. The summed E-state index contributed by atoms with van der Waals surface area (Å²) in [4.78, 5) is 33.1. The third-order valence-electron chi connectivity index (χ3n) is 5.83. The van der Waals surface area contributed by atoms with Crippen molar-refractivity contribution in [2.45, 2.75) is 13.3 Å². The molecule has 0 saturated carbocycles. The lowest BCUT2D eigenvalue weighted by molar-refractivity contribution is -0.384. The summed E-state index contributed by atoms with van der Waals surface area (Å²) >= 11 is 0. The third kappa shape index (κ3) is 4.67. The second-order valence-electron chi connectivity index (χ2n) is 8.40. The monoisotopic (exact) mass is 498 g/mol. The number of aromatic nitrogens is 4. The van der Waals surface area contributed by atoms with Gasteiger partial charge in [-0.2, -0.15) is 9.78 Å². The number of aryl methyl sites for hydroxylation is 1. The molecule has 0 aliphatic rings. The first-order chi connectivity index (χ1) is 18.0. The highest BCUT2D eigenvalue weighted by molar-refractivity contribution is 5.94. The van der Waals surface area contributed by atoms with Gasteiger partial charge in [0.05, 0.1) is 16.5 Å². The fraction of sp³-hybridized carbons (Fsp3) is 0.154. The molecule has 0 aliphatic carbocycles. The van der Waals surface area contributed by atoms with Gasteiger partial charge in [0.2, 0.25) is 0 Å². The molecule has 186 valence electrons. The Balaban J connectivity index is 1.76. The minimum absolute atomic E-state index is 0.00245. The van der Waals surface area contributed by atoms with Crippen LogP contribution in [0.25, 0.3) is 39.0 Å². The number of benzene rings is 2. The van der Waals surface area contributed by atoms with Gasteiger partial charge in [0.15, 0.2) is 12.2 Å². The van der Waals surface area contributed by atoms with E-state index in [4.69, 9.17) is 9.52 Å². The lowest BCUT2D eigenvalue weighted by Crippen LogP contribution is -2.23. The van der Waals surface area contributed by atoms with Gasteiger partial charge in [0.1, 0.15) is 11.4 Å². The van der Waals surface area contributed by atoms with Gasteiger partial charge >= 0.3 is 0 Å². The van der Waals surface area contributed by atoms with Crippen LogP contribution in [0.15, 0.2) is 76.7 Å². The topological polar surface area (TPSA) is 149 Å². The van der Waals surface area contributed by atoms with E-state index in [1.165, 1.54) is 24.7 Å². The number of anilines is 1. The van der Waals surface area contributed by atoms with Crippen LogP contribution >= 0.6 is 0 Å². The molecule has 0 amide bonds.